The van der Waals surface area contributed by atoms with Gasteiger partial charge < -0.3 is 4.74 Å². The average molecular weight is 233 g/mol. The van der Waals surface area contributed by atoms with Crippen LogP contribution in [0, 0.1) is 5.82 Å². The Bertz CT molecular complexity index is 286. The molecule has 12 heavy (non-hydrogen) atoms. The van der Waals surface area contributed by atoms with Crippen molar-refractivity contribution < 1.29 is 9.13 Å². The van der Waals surface area contributed by atoms with E-state index in [4.69, 9.17) is 4.74 Å². The van der Waals surface area contributed by atoms with Crippen molar-refractivity contribution in [2.45, 2.75) is 13.3 Å². The van der Waals surface area contributed by atoms with Crippen LogP contribution in [0.25, 0.3) is 0 Å². The van der Waals surface area contributed by atoms with Crippen LogP contribution in [0.3, 0.4) is 0 Å². The number of rotatable bonds is 2. The second kappa shape index (κ2) is 3.90. The van der Waals surface area contributed by atoms with Gasteiger partial charge in [0.05, 0.1) is 11.6 Å². The van der Waals surface area contributed by atoms with Crippen molar-refractivity contribution in [1.82, 2.24) is 0 Å². The highest BCUT2D eigenvalue weighted by Crippen LogP contribution is 2.30. The standard InChI is InChI=1S/C9H10BrFO/c1-3-6-4-7(11)5-8(10)9(6)12-2/h4-5H,3H2,1-2H3. The Morgan fingerprint density at radius 2 is 2.17 bits per heavy atom. The van der Waals surface area contributed by atoms with Gasteiger partial charge in [0, 0.05) is 0 Å². The minimum absolute atomic E-state index is 0.237. The van der Waals surface area contributed by atoms with Crippen molar-refractivity contribution in [2.75, 3.05) is 7.11 Å². The lowest BCUT2D eigenvalue weighted by molar-refractivity contribution is 0.406. The molecule has 0 aliphatic carbocycles. The molecule has 0 fully saturated rings. The fourth-order valence-corrected chi connectivity index (χ4v) is 1.74. The number of methoxy groups -OCH3 is 1. The van der Waals surface area contributed by atoms with E-state index < -0.39 is 0 Å². The highest BCUT2D eigenvalue weighted by atomic mass is 79.9. The second-order valence-electron chi connectivity index (χ2n) is 2.43. The highest BCUT2D eigenvalue weighted by Gasteiger charge is 2.07. The molecule has 0 N–H and O–H groups in total. The van der Waals surface area contributed by atoms with Crippen molar-refractivity contribution in [2.24, 2.45) is 0 Å². The third kappa shape index (κ3) is 1.78. The van der Waals surface area contributed by atoms with E-state index >= 15 is 0 Å². The molecule has 3 heteroatoms. The molecule has 1 rings (SSSR count). The highest BCUT2D eigenvalue weighted by molar-refractivity contribution is 9.10. The van der Waals surface area contributed by atoms with Gasteiger partial charge in [-0.25, -0.2) is 4.39 Å². The van der Waals surface area contributed by atoms with Crippen molar-refractivity contribution >= 4 is 15.9 Å². The van der Waals surface area contributed by atoms with Crippen LogP contribution >= 0.6 is 15.9 Å². The van der Waals surface area contributed by atoms with Crippen molar-refractivity contribution in [3.05, 3.63) is 28.0 Å². The van der Waals surface area contributed by atoms with Crippen molar-refractivity contribution in [3.8, 4) is 5.75 Å². The first-order valence-electron chi connectivity index (χ1n) is 3.71. The minimum atomic E-state index is -0.237. The fourth-order valence-electron chi connectivity index (χ4n) is 1.10. The van der Waals surface area contributed by atoms with E-state index in [-0.39, 0.29) is 5.82 Å². The summed E-state index contributed by atoms with van der Waals surface area (Å²) in [4.78, 5) is 0. The van der Waals surface area contributed by atoms with Crippen LogP contribution < -0.4 is 4.74 Å². The predicted molar refractivity (Wildman–Crippen MR) is 50.0 cm³/mol. The molecule has 0 aliphatic heterocycles. The Labute approximate surface area is 79.7 Å². The molecule has 1 aromatic rings. The number of hydrogen-bond donors (Lipinski definition) is 0. The molecule has 0 aromatic heterocycles. The van der Waals surface area contributed by atoms with E-state index in [1.54, 1.807) is 7.11 Å². The van der Waals surface area contributed by atoms with Crippen LogP contribution in [0.5, 0.6) is 5.75 Å². The zero-order valence-corrected chi connectivity index (χ0v) is 8.61. The Balaban J connectivity index is 3.24. The maximum atomic E-state index is 12.8. The van der Waals surface area contributed by atoms with Gasteiger partial charge in [0.2, 0.25) is 0 Å². The van der Waals surface area contributed by atoms with Gasteiger partial charge in [-0.05, 0) is 40.0 Å². The maximum absolute atomic E-state index is 12.8. The zero-order valence-electron chi connectivity index (χ0n) is 7.03. The molecule has 0 radical (unpaired) electrons. The SMILES string of the molecule is CCc1cc(F)cc(Br)c1OC. The summed E-state index contributed by atoms with van der Waals surface area (Å²) in [5.74, 6) is 0.485. The summed E-state index contributed by atoms with van der Waals surface area (Å²) < 4.78 is 18.6. The molecule has 66 valence electrons. The Hall–Kier alpha value is -0.570. The molecule has 0 spiro atoms. The Morgan fingerprint density at radius 3 is 2.67 bits per heavy atom. The van der Waals surface area contributed by atoms with Crippen LogP contribution in [0.1, 0.15) is 12.5 Å². The van der Waals surface area contributed by atoms with E-state index in [1.807, 2.05) is 6.92 Å². The summed E-state index contributed by atoms with van der Waals surface area (Å²) >= 11 is 3.23. The van der Waals surface area contributed by atoms with Crippen LogP contribution in [0.15, 0.2) is 16.6 Å². The topological polar surface area (TPSA) is 9.23 Å². The van der Waals surface area contributed by atoms with Crippen LogP contribution in [-0.2, 0) is 6.42 Å². The van der Waals surface area contributed by atoms with Gasteiger partial charge in [-0.15, -0.1) is 0 Å². The first-order valence-corrected chi connectivity index (χ1v) is 4.50. The quantitative estimate of drug-likeness (QED) is 0.762. The lowest BCUT2D eigenvalue weighted by Crippen LogP contribution is -1.92. The fraction of sp³-hybridized carbons (Fsp3) is 0.333. The van der Waals surface area contributed by atoms with Crippen LogP contribution in [0.2, 0.25) is 0 Å². The molecular formula is C9H10BrFO. The van der Waals surface area contributed by atoms with Gasteiger partial charge in [0.15, 0.2) is 0 Å². The lowest BCUT2D eigenvalue weighted by atomic mass is 10.1. The zero-order chi connectivity index (χ0) is 9.14. The molecule has 0 heterocycles. The Kier molecular flexibility index (Phi) is 3.09. The number of hydrogen-bond acceptors (Lipinski definition) is 1. The van der Waals surface area contributed by atoms with Gasteiger partial charge in [-0.3, -0.25) is 0 Å². The monoisotopic (exact) mass is 232 g/mol. The average Bonchev–Trinajstić information content (AvgIpc) is 2.03. The van der Waals surface area contributed by atoms with Crippen molar-refractivity contribution in [1.29, 1.82) is 0 Å². The number of benzene rings is 1. The molecule has 0 unspecified atom stereocenters. The molecular weight excluding hydrogens is 223 g/mol. The van der Waals surface area contributed by atoms with E-state index in [2.05, 4.69) is 15.9 Å². The molecule has 0 saturated carbocycles. The van der Waals surface area contributed by atoms with E-state index in [1.165, 1.54) is 12.1 Å². The molecule has 0 bridgehead atoms. The Morgan fingerprint density at radius 1 is 1.50 bits per heavy atom. The first kappa shape index (κ1) is 9.52. The van der Waals surface area contributed by atoms with Crippen molar-refractivity contribution in [3.63, 3.8) is 0 Å². The lowest BCUT2D eigenvalue weighted by Gasteiger charge is -2.08. The summed E-state index contributed by atoms with van der Waals surface area (Å²) in [6, 6.07) is 2.89. The molecule has 0 atom stereocenters. The smallest absolute Gasteiger partial charge is 0.136 e. The van der Waals surface area contributed by atoms with Gasteiger partial charge >= 0.3 is 0 Å². The summed E-state index contributed by atoms with van der Waals surface area (Å²) in [5.41, 5.74) is 0.879. The van der Waals surface area contributed by atoms with E-state index in [9.17, 15) is 4.39 Å². The van der Waals surface area contributed by atoms with Crippen LogP contribution in [0.4, 0.5) is 4.39 Å². The first-order chi connectivity index (χ1) is 5.69. The molecule has 1 aromatic carbocycles. The number of halogens is 2. The molecule has 0 saturated heterocycles. The van der Waals surface area contributed by atoms with Gasteiger partial charge in [0.1, 0.15) is 11.6 Å². The summed E-state index contributed by atoms with van der Waals surface area (Å²) in [6.45, 7) is 1.96. The van der Waals surface area contributed by atoms with Gasteiger partial charge in [0.25, 0.3) is 0 Å². The number of aryl methyl sites for hydroxylation is 1. The van der Waals surface area contributed by atoms with Gasteiger partial charge in [-0.2, -0.15) is 0 Å². The van der Waals surface area contributed by atoms with E-state index in [0.717, 1.165) is 17.7 Å². The normalized spacial score (nSPS) is 10.0. The molecule has 0 amide bonds. The minimum Gasteiger partial charge on any atom is -0.495 e. The van der Waals surface area contributed by atoms with Crippen LogP contribution in [-0.4, -0.2) is 7.11 Å². The van der Waals surface area contributed by atoms with Gasteiger partial charge in [-0.1, -0.05) is 6.92 Å². The summed E-state index contributed by atoms with van der Waals surface area (Å²) in [5, 5.41) is 0. The summed E-state index contributed by atoms with van der Waals surface area (Å²) in [7, 11) is 1.58. The predicted octanol–water partition coefficient (Wildman–Crippen LogP) is 3.16. The molecule has 1 nitrogen and oxygen atoms in total. The van der Waals surface area contributed by atoms with E-state index in [0.29, 0.717) is 4.47 Å². The molecule has 0 aliphatic rings. The third-order valence-electron chi connectivity index (χ3n) is 1.67. The largest absolute Gasteiger partial charge is 0.495 e. The second-order valence-corrected chi connectivity index (χ2v) is 3.29. The maximum Gasteiger partial charge on any atom is 0.136 e. The third-order valence-corrected chi connectivity index (χ3v) is 2.26. The summed E-state index contributed by atoms with van der Waals surface area (Å²) in [6.07, 6.45) is 0.763. The number of ether oxygens (including phenoxy) is 1.